The van der Waals surface area contributed by atoms with E-state index in [2.05, 4.69) is 4.98 Å². The molecule has 82 valence electrons. The van der Waals surface area contributed by atoms with Crippen LogP contribution in [0.2, 0.25) is 0 Å². The molecule has 0 bridgehead atoms. The number of nitrogens with zero attached hydrogens (tertiary/aromatic N) is 2. The van der Waals surface area contributed by atoms with E-state index in [4.69, 9.17) is 0 Å². The Hall–Kier alpha value is -1.90. The second-order valence-electron chi connectivity index (χ2n) is 3.95. The largest absolute Gasteiger partial charge is 0.269 e. The van der Waals surface area contributed by atoms with Gasteiger partial charge in [-0.15, -0.1) is 0 Å². The number of aryl methyl sites for hydroxylation is 3. The number of benzene rings is 1. The SMILES string of the molecule is Cc1ccc(-n2c(C)nc(C)cc2=O)cc1. The quantitative estimate of drug-likeness (QED) is 0.729. The summed E-state index contributed by atoms with van der Waals surface area (Å²) in [5.74, 6) is 0.717. The minimum Gasteiger partial charge on any atom is -0.269 e. The zero-order chi connectivity index (χ0) is 11.7. The Bertz CT molecular complexity index is 567. The van der Waals surface area contributed by atoms with Crippen molar-refractivity contribution in [2.75, 3.05) is 0 Å². The van der Waals surface area contributed by atoms with Crippen LogP contribution in [0.4, 0.5) is 0 Å². The molecule has 1 aromatic carbocycles. The van der Waals surface area contributed by atoms with E-state index in [1.807, 2.05) is 45.0 Å². The average molecular weight is 214 g/mol. The molecule has 0 aliphatic carbocycles. The zero-order valence-electron chi connectivity index (χ0n) is 9.69. The summed E-state index contributed by atoms with van der Waals surface area (Å²) in [6.45, 7) is 5.69. The molecule has 0 aliphatic rings. The maximum atomic E-state index is 11.9. The first-order valence-electron chi connectivity index (χ1n) is 5.22. The Labute approximate surface area is 94.4 Å². The van der Waals surface area contributed by atoms with E-state index in [0.717, 1.165) is 11.4 Å². The predicted molar refractivity (Wildman–Crippen MR) is 64.0 cm³/mol. The van der Waals surface area contributed by atoms with Gasteiger partial charge in [0.05, 0.1) is 5.69 Å². The van der Waals surface area contributed by atoms with E-state index in [-0.39, 0.29) is 5.56 Å². The van der Waals surface area contributed by atoms with Crippen LogP contribution in [-0.4, -0.2) is 9.55 Å². The number of aromatic nitrogens is 2. The predicted octanol–water partition coefficient (Wildman–Crippen LogP) is 2.16. The lowest BCUT2D eigenvalue weighted by molar-refractivity contribution is 0.853. The van der Waals surface area contributed by atoms with Crippen LogP contribution in [0, 0.1) is 20.8 Å². The third-order valence-corrected chi connectivity index (χ3v) is 2.51. The molecule has 16 heavy (non-hydrogen) atoms. The van der Waals surface area contributed by atoms with Crippen LogP contribution < -0.4 is 5.56 Å². The first kappa shape index (κ1) is 10.6. The van der Waals surface area contributed by atoms with Gasteiger partial charge in [0.1, 0.15) is 5.82 Å². The molecule has 0 spiro atoms. The Morgan fingerprint density at radius 2 is 1.69 bits per heavy atom. The van der Waals surface area contributed by atoms with Gasteiger partial charge in [0.2, 0.25) is 0 Å². The highest BCUT2D eigenvalue weighted by molar-refractivity contribution is 5.35. The van der Waals surface area contributed by atoms with Crippen molar-refractivity contribution in [1.82, 2.24) is 9.55 Å². The van der Waals surface area contributed by atoms with Crippen molar-refractivity contribution < 1.29 is 0 Å². The molecule has 1 heterocycles. The topological polar surface area (TPSA) is 34.9 Å². The fraction of sp³-hybridized carbons (Fsp3) is 0.231. The molecule has 0 amide bonds. The number of hydrogen-bond acceptors (Lipinski definition) is 2. The summed E-state index contributed by atoms with van der Waals surface area (Å²) in [5, 5.41) is 0. The molecule has 0 aliphatic heterocycles. The Kier molecular flexibility index (Phi) is 2.60. The molecule has 3 heteroatoms. The molecule has 0 unspecified atom stereocenters. The smallest absolute Gasteiger partial charge is 0.258 e. The molecule has 1 aromatic heterocycles. The molecular formula is C13H14N2O. The van der Waals surface area contributed by atoms with Crippen LogP contribution in [0.5, 0.6) is 0 Å². The van der Waals surface area contributed by atoms with E-state index in [9.17, 15) is 4.79 Å². The van der Waals surface area contributed by atoms with Crippen molar-refractivity contribution in [3.63, 3.8) is 0 Å². The van der Waals surface area contributed by atoms with Gasteiger partial charge in [-0.05, 0) is 32.9 Å². The summed E-state index contributed by atoms with van der Waals surface area (Å²) in [6.07, 6.45) is 0. The van der Waals surface area contributed by atoms with E-state index in [1.54, 1.807) is 10.6 Å². The Morgan fingerprint density at radius 3 is 2.25 bits per heavy atom. The van der Waals surface area contributed by atoms with Gasteiger partial charge in [0, 0.05) is 11.8 Å². The molecule has 0 N–H and O–H groups in total. The highest BCUT2D eigenvalue weighted by atomic mass is 16.1. The van der Waals surface area contributed by atoms with E-state index in [0.29, 0.717) is 5.82 Å². The second kappa shape index (κ2) is 3.93. The van der Waals surface area contributed by atoms with Crippen LogP contribution in [0.1, 0.15) is 17.1 Å². The van der Waals surface area contributed by atoms with Gasteiger partial charge >= 0.3 is 0 Å². The summed E-state index contributed by atoms with van der Waals surface area (Å²) in [5.41, 5.74) is 2.76. The Morgan fingerprint density at radius 1 is 1.06 bits per heavy atom. The normalized spacial score (nSPS) is 10.4. The van der Waals surface area contributed by atoms with Gasteiger partial charge in [-0.1, -0.05) is 17.7 Å². The van der Waals surface area contributed by atoms with E-state index < -0.39 is 0 Å². The van der Waals surface area contributed by atoms with Crippen molar-refractivity contribution in [1.29, 1.82) is 0 Å². The van der Waals surface area contributed by atoms with Gasteiger partial charge in [-0.3, -0.25) is 9.36 Å². The van der Waals surface area contributed by atoms with Crippen molar-refractivity contribution in [2.45, 2.75) is 20.8 Å². The molecule has 0 radical (unpaired) electrons. The van der Waals surface area contributed by atoms with Crippen molar-refractivity contribution in [3.05, 3.63) is 57.8 Å². The van der Waals surface area contributed by atoms with Crippen LogP contribution in [-0.2, 0) is 0 Å². The van der Waals surface area contributed by atoms with Crippen molar-refractivity contribution in [2.24, 2.45) is 0 Å². The van der Waals surface area contributed by atoms with Crippen molar-refractivity contribution in [3.8, 4) is 5.69 Å². The van der Waals surface area contributed by atoms with Crippen molar-refractivity contribution >= 4 is 0 Å². The molecule has 3 nitrogen and oxygen atoms in total. The van der Waals surface area contributed by atoms with Crippen LogP contribution in [0.15, 0.2) is 35.1 Å². The summed E-state index contributed by atoms with van der Waals surface area (Å²) in [6, 6.07) is 9.39. The number of hydrogen-bond donors (Lipinski definition) is 0. The highest BCUT2D eigenvalue weighted by Gasteiger charge is 2.04. The molecular weight excluding hydrogens is 200 g/mol. The maximum absolute atomic E-state index is 11.9. The van der Waals surface area contributed by atoms with Gasteiger partial charge in [-0.25, -0.2) is 4.98 Å². The van der Waals surface area contributed by atoms with Gasteiger partial charge < -0.3 is 0 Å². The molecule has 0 atom stereocenters. The molecule has 0 fully saturated rings. The standard InChI is InChI=1S/C13H14N2O/c1-9-4-6-12(7-5-9)15-11(3)14-10(2)8-13(15)16/h4-8H,1-3H3. The molecule has 2 aromatic rings. The fourth-order valence-electron chi connectivity index (χ4n) is 1.75. The Balaban J connectivity index is 2.65. The fourth-order valence-corrected chi connectivity index (χ4v) is 1.75. The van der Waals surface area contributed by atoms with Gasteiger partial charge in [0.15, 0.2) is 0 Å². The molecule has 2 rings (SSSR count). The lowest BCUT2D eigenvalue weighted by atomic mass is 10.2. The average Bonchev–Trinajstić information content (AvgIpc) is 2.19. The van der Waals surface area contributed by atoms with E-state index >= 15 is 0 Å². The first-order chi connectivity index (χ1) is 7.58. The highest BCUT2D eigenvalue weighted by Crippen LogP contribution is 2.08. The zero-order valence-corrected chi connectivity index (χ0v) is 9.69. The second-order valence-corrected chi connectivity index (χ2v) is 3.95. The molecule has 0 saturated heterocycles. The number of rotatable bonds is 1. The lowest BCUT2D eigenvalue weighted by Gasteiger charge is -2.09. The summed E-state index contributed by atoms with van der Waals surface area (Å²) in [4.78, 5) is 16.2. The maximum Gasteiger partial charge on any atom is 0.258 e. The van der Waals surface area contributed by atoms with Crippen LogP contribution >= 0.6 is 0 Å². The summed E-state index contributed by atoms with van der Waals surface area (Å²) >= 11 is 0. The third-order valence-electron chi connectivity index (χ3n) is 2.51. The van der Waals surface area contributed by atoms with Gasteiger partial charge in [-0.2, -0.15) is 0 Å². The third kappa shape index (κ3) is 1.89. The summed E-state index contributed by atoms with van der Waals surface area (Å²) in [7, 11) is 0. The first-order valence-corrected chi connectivity index (χ1v) is 5.22. The lowest BCUT2D eigenvalue weighted by Crippen LogP contribution is -2.21. The minimum absolute atomic E-state index is 0.0335. The van der Waals surface area contributed by atoms with Crippen LogP contribution in [0.3, 0.4) is 0 Å². The minimum atomic E-state index is -0.0335. The van der Waals surface area contributed by atoms with Crippen LogP contribution in [0.25, 0.3) is 5.69 Å². The van der Waals surface area contributed by atoms with E-state index in [1.165, 1.54) is 5.56 Å². The monoisotopic (exact) mass is 214 g/mol. The summed E-state index contributed by atoms with van der Waals surface area (Å²) < 4.78 is 1.62. The molecule has 0 saturated carbocycles. The van der Waals surface area contributed by atoms with Gasteiger partial charge in [0.25, 0.3) is 5.56 Å².